The minimum atomic E-state index is -0.494. The maximum atomic E-state index is 14.5. The van der Waals surface area contributed by atoms with Crippen molar-refractivity contribution in [1.82, 2.24) is 0 Å². The van der Waals surface area contributed by atoms with Gasteiger partial charge >= 0.3 is 0 Å². The fraction of sp³-hybridized carbons (Fsp3) is 0.125. The molecule has 5 aromatic rings. The molecular weight excluding hydrogens is 511 g/mol. The van der Waals surface area contributed by atoms with Gasteiger partial charge in [-0.05, 0) is 52.7 Å². The van der Waals surface area contributed by atoms with Crippen molar-refractivity contribution in [2.75, 3.05) is 20.8 Å². The van der Waals surface area contributed by atoms with Gasteiger partial charge in [-0.15, -0.1) is 0 Å². The van der Waals surface area contributed by atoms with Gasteiger partial charge in [0.2, 0.25) is 5.78 Å². The number of fused-ring (bicyclic) bond motifs is 2. The lowest BCUT2D eigenvalue weighted by Crippen LogP contribution is -2.21. The predicted molar refractivity (Wildman–Crippen MR) is 153 cm³/mol. The molecule has 0 saturated carbocycles. The van der Waals surface area contributed by atoms with E-state index in [9.17, 15) is 14.2 Å². The van der Waals surface area contributed by atoms with E-state index in [1.165, 1.54) is 14.2 Å². The molecule has 0 fully saturated rings. The summed E-state index contributed by atoms with van der Waals surface area (Å²) in [5.41, 5.74) is 0.572. The van der Waals surface area contributed by atoms with Crippen LogP contribution in [0.4, 0.5) is 0 Å². The molecule has 6 nitrogen and oxygen atoms in total. The minimum Gasteiger partial charge on any atom is -0.496 e. The zero-order chi connectivity index (χ0) is 27.5. The van der Waals surface area contributed by atoms with E-state index in [-0.39, 0.29) is 39.9 Å². The zero-order valence-electron chi connectivity index (χ0n) is 21.7. The van der Waals surface area contributed by atoms with Gasteiger partial charge in [0.15, 0.2) is 14.2 Å². The molecule has 0 heterocycles. The molecule has 0 bridgehead atoms. The van der Waals surface area contributed by atoms with Crippen molar-refractivity contribution in [3.8, 4) is 17.2 Å². The van der Waals surface area contributed by atoms with E-state index >= 15 is 0 Å². The maximum absolute atomic E-state index is 14.5. The molecule has 5 aromatic carbocycles. The Kier molecular flexibility index (Phi) is 7.40. The Balaban J connectivity index is 1.86. The van der Waals surface area contributed by atoms with E-state index in [1.54, 1.807) is 31.2 Å². The molecule has 0 amide bonds. The third-order valence-corrected chi connectivity index (χ3v) is 7.24. The second kappa shape index (κ2) is 11.1. The van der Waals surface area contributed by atoms with Gasteiger partial charge in [-0.3, -0.25) is 14.2 Å². The number of hydrogen-bond donors (Lipinski definition) is 0. The third-order valence-electron chi connectivity index (χ3n) is 6.67. The van der Waals surface area contributed by atoms with E-state index in [0.717, 1.165) is 10.8 Å². The van der Waals surface area contributed by atoms with Gasteiger partial charge in [-0.2, -0.15) is 0 Å². The Bertz CT molecular complexity index is 1760. The molecule has 0 radical (unpaired) electrons. The predicted octanol–water partition coefficient (Wildman–Crippen LogP) is 6.79. The van der Waals surface area contributed by atoms with Gasteiger partial charge in [0.25, 0.3) is 0 Å². The van der Waals surface area contributed by atoms with Gasteiger partial charge in [0.1, 0.15) is 17.2 Å². The van der Waals surface area contributed by atoms with E-state index in [0.29, 0.717) is 22.3 Å². The van der Waals surface area contributed by atoms with Crippen LogP contribution < -0.4 is 19.5 Å². The lowest BCUT2D eigenvalue weighted by atomic mass is 9.88. The first kappa shape index (κ1) is 26.1. The molecule has 0 N–H and O–H groups in total. The lowest BCUT2D eigenvalue weighted by molar-refractivity contribution is 0.0999. The average Bonchev–Trinajstić information content (AvgIpc) is 2.99. The number of rotatable bonds is 9. The van der Waals surface area contributed by atoms with Crippen LogP contribution in [0.1, 0.15) is 38.8 Å². The Morgan fingerprint density at radius 1 is 0.615 bits per heavy atom. The van der Waals surface area contributed by atoms with Crippen molar-refractivity contribution in [1.29, 1.82) is 0 Å². The number of ketones is 2. The van der Waals surface area contributed by atoms with E-state index < -0.39 is 20.0 Å². The van der Waals surface area contributed by atoms with Crippen LogP contribution in [-0.4, -0.2) is 32.4 Å². The highest BCUT2D eigenvalue weighted by Gasteiger charge is 2.32. The summed E-state index contributed by atoms with van der Waals surface area (Å²) in [5, 5.41) is 3.14. The highest BCUT2D eigenvalue weighted by molar-refractivity contribution is 7.34. The monoisotopic (exact) mass is 536 g/mol. The fourth-order valence-electron chi connectivity index (χ4n) is 4.94. The van der Waals surface area contributed by atoms with Crippen molar-refractivity contribution in [3.05, 3.63) is 107 Å². The summed E-state index contributed by atoms with van der Waals surface area (Å²) in [6.45, 7) is 2.05. The lowest BCUT2D eigenvalue weighted by Gasteiger charge is -2.19. The molecule has 0 atom stereocenters. The number of hydrogen-bond acceptors (Lipinski definition) is 6. The second-order valence-corrected chi connectivity index (χ2v) is 9.41. The van der Waals surface area contributed by atoms with Crippen molar-refractivity contribution < 1.29 is 28.4 Å². The molecule has 39 heavy (non-hydrogen) atoms. The number of methoxy groups -OCH3 is 2. The molecule has 5 rings (SSSR count). The molecule has 0 aliphatic carbocycles. The van der Waals surface area contributed by atoms with Gasteiger partial charge in [0.05, 0.1) is 48.4 Å². The molecule has 0 saturated heterocycles. The molecule has 0 aromatic heterocycles. The maximum Gasteiger partial charge on any atom is 0.201 e. The summed E-state index contributed by atoms with van der Waals surface area (Å²) in [6.07, 6.45) is 0. The Labute approximate surface area is 227 Å². The quantitative estimate of drug-likeness (QED) is 0.153. The summed E-state index contributed by atoms with van der Waals surface area (Å²) in [6, 6.07) is 25.1. The van der Waals surface area contributed by atoms with Crippen LogP contribution in [0.15, 0.2) is 84.9 Å². The average molecular weight is 537 g/mol. The number of carbonyl (C=O) groups excluding carboxylic acids is 2. The fourth-order valence-corrected chi connectivity index (χ4v) is 5.38. The van der Waals surface area contributed by atoms with Crippen LogP contribution in [0, 0.1) is 0 Å². The summed E-state index contributed by atoms with van der Waals surface area (Å²) >= 11 is 0. The highest BCUT2D eigenvalue weighted by Crippen LogP contribution is 2.37. The molecule has 0 aliphatic rings. The van der Waals surface area contributed by atoms with Crippen LogP contribution in [0.3, 0.4) is 0 Å². The Morgan fingerprint density at radius 3 is 1.59 bits per heavy atom. The van der Waals surface area contributed by atoms with Crippen LogP contribution in [0.2, 0.25) is 0 Å². The van der Waals surface area contributed by atoms with Crippen LogP contribution >= 0.6 is 8.46 Å². The van der Waals surface area contributed by atoms with Crippen molar-refractivity contribution >= 4 is 46.9 Å². The highest BCUT2D eigenvalue weighted by atomic mass is 31.1. The van der Waals surface area contributed by atoms with E-state index in [4.69, 9.17) is 14.2 Å². The van der Waals surface area contributed by atoms with E-state index in [1.807, 2.05) is 60.7 Å². The molecule has 7 heteroatoms. The first-order valence-corrected chi connectivity index (χ1v) is 13.2. The number of carbonyl (C=O) groups is 2. The van der Waals surface area contributed by atoms with E-state index in [2.05, 4.69) is 0 Å². The normalized spacial score (nSPS) is 11.1. The third kappa shape index (κ3) is 4.53. The Morgan fingerprint density at radius 2 is 1.10 bits per heavy atom. The Hall–Kier alpha value is -4.54. The SMILES string of the molecule is CCOc1ccc(P=O)c(C(=O)c2c(OC)ccc3ccccc23)c1C(=O)c1c(OC)ccc2ccccc12. The van der Waals surface area contributed by atoms with Crippen molar-refractivity contribution in [2.24, 2.45) is 0 Å². The van der Waals surface area contributed by atoms with Gasteiger partial charge in [-0.1, -0.05) is 60.7 Å². The first-order chi connectivity index (χ1) is 19.0. The number of ether oxygens (including phenoxy) is 3. The summed E-state index contributed by atoms with van der Waals surface area (Å²) in [4.78, 5) is 29.0. The smallest absolute Gasteiger partial charge is 0.201 e. The van der Waals surface area contributed by atoms with Crippen molar-refractivity contribution in [3.63, 3.8) is 0 Å². The van der Waals surface area contributed by atoms with Crippen molar-refractivity contribution in [2.45, 2.75) is 6.92 Å². The summed E-state index contributed by atoms with van der Waals surface area (Å²) in [7, 11) is 2.56. The molecule has 0 spiro atoms. The number of benzene rings is 5. The standard InChI is InChI=1S/C32H25O6P/c1-4-38-25-17-18-26(39-35)30(32(34)28-22-12-8-6-10-20(22)14-16-24(28)37-3)29(25)31(33)27-21-11-7-5-9-19(21)13-15-23(27)36-2/h5-18H,4H2,1-3H3. The first-order valence-electron chi connectivity index (χ1n) is 12.4. The molecule has 0 aliphatic heterocycles. The van der Waals surface area contributed by atoms with Gasteiger partial charge in [0, 0.05) is 0 Å². The summed E-state index contributed by atoms with van der Waals surface area (Å²) in [5.74, 6) is -0.0544. The van der Waals surface area contributed by atoms with Crippen LogP contribution in [-0.2, 0) is 4.57 Å². The summed E-state index contributed by atoms with van der Waals surface area (Å²) < 4.78 is 29.5. The zero-order valence-corrected chi connectivity index (χ0v) is 22.6. The van der Waals surface area contributed by atoms with Crippen LogP contribution in [0.5, 0.6) is 17.2 Å². The second-order valence-electron chi connectivity index (χ2n) is 8.74. The van der Waals surface area contributed by atoms with Crippen LogP contribution in [0.25, 0.3) is 21.5 Å². The molecule has 194 valence electrons. The van der Waals surface area contributed by atoms with Gasteiger partial charge < -0.3 is 14.2 Å². The van der Waals surface area contributed by atoms with Gasteiger partial charge in [-0.25, -0.2) is 0 Å². The topological polar surface area (TPSA) is 78.9 Å². The molecular formula is C32H25O6P. The molecule has 0 unspecified atom stereocenters. The minimum absolute atomic E-state index is 0.00717. The largest absolute Gasteiger partial charge is 0.496 e.